The second kappa shape index (κ2) is 10.1. The number of benzene rings is 1. The van der Waals surface area contributed by atoms with Crippen molar-refractivity contribution in [3.63, 3.8) is 0 Å². The zero-order valence-corrected chi connectivity index (χ0v) is 24.6. The Hall–Kier alpha value is -3.87. The molecule has 1 amide bonds. The highest BCUT2D eigenvalue weighted by molar-refractivity contribution is 6.24. The van der Waals surface area contributed by atoms with Crippen LogP contribution in [0.2, 0.25) is 0 Å². The van der Waals surface area contributed by atoms with Crippen LogP contribution in [0.5, 0.6) is 5.75 Å². The van der Waals surface area contributed by atoms with Crippen LogP contribution in [-0.2, 0) is 25.5 Å². The number of carbonyl (C=O) groups is 3. The van der Waals surface area contributed by atoms with Gasteiger partial charge in [0.05, 0.1) is 17.2 Å². The summed E-state index contributed by atoms with van der Waals surface area (Å²) < 4.78 is 6.12. The summed E-state index contributed by atoms with van der Waals surface area (Å²) in [5.41, 5.74) is 3.36. The van der Waals surface area contributed by atoms with Crippen molar-refractivity contribution >= 4 is 34.7 Å². The molecule has 42 heavy (non-hydrogen) atoms. The van der Waals surface area contributed by atoms with Crippen molar-refractivity contribution in [1.82, 2.24) is 9.80 Å². The smallest absolute Gasteiger partial charge is 0.255 e. The number of likely N-dealkylation sites (N-methyl/N-ethyl adjacent to an activating group) is 2. The largest absolute Gasteiger partial charge is 0.508 e. The number of ether oxygens (including phenoxy) is 1. The number of hydrogen-bond acceptors (Lipinski definition) is 11. The number of primary amides is 1. The van der Waals surface area contributed by atoms with Gasteiger partial charge in [0, 0.05) is 44.2 Å². The van der Waals surface area contributed by atoms with Crippen molar-refractivity contribution in [2.45, 2.75) is 37.0 Å². The van der Waals surface area contributed by atoms with Gasteiger partial charge in [0.1, 0.15) is 34.7 Å². The number of aromatic hydroxyl groups is 1. The molecule has 5 rings (SSSR count). The minimum atomic E-state index is -2.68. The van der Waals surface area contributed by atoms with E-state index in [-0.39, 0.29) is 35.8 Å². The van der Waals surface area contributed by atoms with Gasteiger partial charge in [-0.05, 0) is 64.7 Å². The Morgan fingerprint density at radius 2 is 1.79 bits per heavy atom. The van der Waals surface area contributed by atoms with E-state index in [0.717, 1.165) is 0 Å². The van der Waals surface area contributed by atoms with Crippen molar-refractivity contribution < 1.29 is 39.5 Å². The Kier molecular flexibility index (Phi) is 7.15. The molecule has 0 saturated heterocycles. The van der Waals surface area contributed by atoms with E-state index in [1.54, 1.807) is 20.2 Å². The maximum atomic E-state index is 14.1. The monoisotopic (exact) mass is 582 g/mol. The Morgan fingerprint density at radius 1 is 1.12 bits per heavy atom. The fourth-order valence-electron chi connectivity index (χ4n) is 7.09. The molecule has 2 unspecified atom stereocenters. The number of ketones is 2. The molecule has 1 saturated carbocycles. The highest BCUT2D eigenvalue weighted by atomic mass is 16.5. The van der Waals surface area contributed by atoms with Crippen molar-refractivity contribution in [3.8, 4) is 5.75 Å². The summed E-state index contributed by atoms with van der Waals surface area (Å²) in [4.78, 5) is 44.9. The van der Waals surface area contributed by atoms with Crippen LogP contribution in [0.3, 0.4) is 0 Å². The molecule has 6 N–H and O–H groups in total. The molecule has 0 bridgehead atoms. The predicted octanol–water partition coefficient (Wildman–Crippen LogP) is 0.721. The molecule has 0 spiro atoms. The van der Waals surface area contributed by atoms with Gasteiger partial charge in [0.2, 0.25) is 5.78 Å². The van der Waals surface area contributed by atoms with E-state index in [0.29, 0.717) is 35.5 Å². The molecular formula is C30H38N4O8. The number of nitrogens with zero attached hydrogens (tertiary/aromatic N) is 3. The topological polar surface area (TPSA) is 177 Å². The Morgan fingerprint density at radius 3 is 2.36 bits per heavy atom. The van der Waals surface area contributed by atoms with Gasteiger partial charge in [-0.3, -0.25) is 19.3 Å². The van der Waals surface area contributed by atoms with E-state index >= 15 is 0 Å². The molecule has 1 aliphatic heterocycles. The number of aliphatic hydroxyl groups is 3. The van der Waals surface area contributed by atoms with Crippen molar-refractivity contribution in [3.05, 3.63) is 45.7 Å². The van der Waals surface area contributed by atoms with Crippen LogP contribution in [0, 0.1) is 11.8 Å². The highest BCUT2D eigenvalue weighted by Gasteiger charge is 2.64. The molecule has 12 nitrogen and oxygen atoms in total. The van der Waals surface area contributed by atoms with Gasteiger partial charge in [-0.1, -0.05) is 0 Å². The van der Waals surface area contributed by atoms with Gasteiger partial charge in [-0.15, -0.1) is 0 Å². The maximum absolute atomic E-state index is 14.1. The summed E-state index contributed by atoms with van der Waals surface area (Å²) in [5.74, 6) is -6.34. The second-order valence-corrected chi connectivity index (χ2v) is 12.3. The molecule has 5 atom stereocenters. The number of anilines is 1. The zero-order valence-electron chi connectivity index (χ0n) is 24.6. The Labute approximate surface area is 243 Å². The first-order valence-electron chi connectivity index (χ1n) is 13.8. The number of nitrogens with two attached hydrogens (primary N) is 1. The normalized spacial score (nSPS) is 28.9. The molecule has 4 aliphatic rings. The maximum Gasteiger partial charge on any atom is 0.255 e. The van der Waals surface area contributed by atoms with E-state index in [1.165, 1.54) is 4.90 Å². The average Bonchev–Trinajstić information content (AvgIpc) is 3.33. The van der Waals surface area contributed by atoms with Crippen LogP contribution in [0.4, 0.5) is 5.69 Å². The molecule has 12 heteroatoms. The minimum Gasteiger partial charge on any atom is -0.508 e. The van der Waals surface area contributed by atoms with Crippen LogP contribution >= 0.6 is 0 Å². The lowest BCUT2D eigenvalue weighted by Gasteiger charge is -2.50. The van der Waals surface area contributed by atoms with E-state index in [4.69, 9.17) is 10.5 Å². The Bertz CT molecular complexity index is 1490. The van der Waals surface area contributed by atoms with E-state index < -0.39 is 58.0 Å². The van der Waals surface area contributed by atoms with Crippen molar-refractivity contribution in [2.24, 2.45) is 17.6 Å². The number of phenols is 1. The summed E-state index contributed by atoms with van der Waals surface area (Å²) in [5, 5.41) is 46.1. The molecule has 1 aromatic carbocycles. The third kappa shape index (κ3) is 4.19. The molecule has 3 aliphatic carbocycles. The number of phenolic OH excluding ortho intramolecular Hbond substituents is 1. The number of aliphatic hydroxyl groups excluding tert-OH is 2. The fraction of sp³-hybridized carbons (Fsp3) is 0.500. The Balaban J connectivity index is 1.69. The first-order chi connectivity index (χ1) is 19.6. The molecule has 226 valence electrons. The van der Waals surface area contributed by atoms with Gasteiger partial charge in [-0.25, -0.2) is 0 Å². The van der Waals surface area contributed by atoms with Crippen molar-refractivity contribution in [1.29, 1.82) is 0 Å². The number of fused-ring (bicyclic) bond motifs is 3. The summed E-state index contributed by atoms with van der Waals surface area (Å²) in [6.45, 7) is 0.665. The summed E-state index contributed by atoms with van der Waals surface area (Å²) in [6, 6.07) is 0.658. The van der Waals surface area contributed by atoms with Gasteiger partial charge in [-0.2, -0.15) is 0 Å². The van der Waals surface area contributed by atoms with Crippen LogP contribution in [0.15, 0.2) is 29.0 Å². The van der Waals surface area contributed by atoms with Crippen LogP contribution in [-0.4, -0.2) is 114 Å². The highest BCUT2D eigenvalue weighted by Crippen LogP contribution is 2.54. The first-order valence-corrected chi connectivity index (χ1v) is 13.8. The second-order valence-electron chi connectivity index (χ2n) is 12.3. The lowest BCUT2D eigenvalue weighted by molar-refractivity contribution is -0.153. The molecule has 0 radical (unpaired) electrons. The van der Waals surface area contributed by atoms with Gasteiger partial charge >= 0.3 is 0 Å². The van der Waals surface area contributed by atoms with Gasteiger partial charge < -0.3 is 40.7 Å². The van der Waals surface area contributed by atoms with Gasteiger partial charge in [0.15, 0.2) is 11.4 Å². The number of carbonyl (C=O) groups excluding carboxylic acids is 3. The standard InChI is InChI=1S/C30H38N4O8/c1-32(2)12-14-7-8-19(42-14)16-11-18(33(3)4)15-9-13-10-17-23(34(5)6)26(37)22(29(31)40)28(39)30(17,41)27(38)20(13)25(36)21(15)24(16)35/h8,11,13-14,17,23,35-36,39,41H,7,9-10,12H2,1-6H3,(H2,31,40)/t13-,14?,17-,23?,30-/m0/s1. The lowest BCUT2D eigenvalue weighted by atomic mass is 9.57. The molecule has 1 aromatic rings. The van der Waals surface area contributed by atoms with Crippen LogP contribution in [0.1, 0.15) is 29.5 Å². The first kappa shape index (κ1) is 29.6. The number of rotatable bonds is 6. The summed E-state index contributed by atoms with van der Waals surface area (Å²) in [7, 11) is 10.7. The van der Waals surface area contributed by atoms with Gasteiger partial charge in [0.25, 0.3) is 5.91 Å². The lowest BCUT2D eigenvalue weighted by Crippen LogP contribution is -2.65. The van der Waals surface area contributed by atoms with Crippen LogP contribution in [0.25, 0.3) is 11.5 Å². The quantitative estimate of drug-likeness (QED) is 0.299. The minimum absolute atomic E-state index is 0.0294. The third-order valence-electron chi connectivity index (χ3n) is 8.87. The van der Waals surface area contributed by atoms with E-state index in [2.05, 4.69) is 0 Å². The van der Waals surface area contributed by atoms with Crippen molar-refractivity contribution in [2.75, 3.05) is 53.7 Å². The number of hydrogen-bond donors (Lipinski definition) is 5. The van der Waals surface area contributed by atoms with Crippen LogP contribution < -0.4 is 10.6 Å². The molecule has 1 fully saturated rings. The van der Waals surface area contributed by atoms with E-state index in [9.17, 15) is 34.8 Å². The zero-order chi connectivity index (χ0) is 31.0. The fourth-order valence-corrected chi connectivity index (χ4v) is 7.09. The SMILES string of the molecule is CN(C)CC1CC=C(c2cc(N(C)C)c3c(c2O)C(O)=C2C(=O)[C@]4(O)C(O)=C(C(N)=O)C(=O)C(N(C)C)[C@@H]4C[C@@H]2C3)O1. The number of Topliss-reactive ketones (excluding diaryl/α,β-unsaturated/α-hetero) is 2. The average molecular weight is 583 g/mol. The molecular weight excluding hydrogens is 544 g/mol. The summed E-state index contributed by atoms with van der Waals surface area (Å²) >= 11 is 0. The molecule has 1 heterocycles. The van der Waals surface area contributed by atoms with E-state index in [1.807, 2.05) is 44.1 Å². The summed E-state index contributed by atoms with van der Waals surface area (Å²) in [6.07, 6.45) is 2.62. The predicted molar refractivity (Wildman–Crippen MR) is 155 cm³/mol. The molecule has 0 aromatic heterocycles. The third-order valence-corrected chi connectivity index (χ3v) is 8.87. The number of amides is 1.